The minimum Gasteiger partial charge on any atom is -0.484 e. The zero-order chi connectivity index (χ0) is 21.5. The molecule has 0 spiro atoms. The summed E-state index contributed by atoms with van der Waals surface area (Å²) < 4.78 is 5.63. The highest BCUT2D eigenvalue weighted by Crippen LogP contribution is 2.29. The second-order valence-electron chi connectivity index (χ2n) is 8.31. The Hall–Kier alpha value is -2.82. The van der Waals surface area contributed by atoms with E-state index < -0.39 is 0 Å². The summed E-state index contributed by atoms with van der Waals surface area (Å²) in [5.74, 6) is 0.945. The SMILES string of the molecule is CC(C)CCN(CC(=O)N1CCc2ccccc2C1C)C(=O)COc1ccccc1. The number of carbonyl (C=O) groups is 2. The van der Waals surface area contributed by atoms with E-state index in [0.29, 0.717) is 24.8 Å². The lowest BCUT2D eigenvalue weighted by atomic mass is 9.93. The van der Waals surface area contributed by atoms with Crippen LogP contribution in [-0.4, -0.2) is 47.9 Å². The van der Waals surface area contributed by atoms with Gasteiger partial charge in [0, 0.05) is 13.1 Å². The number of benzene rings is 2. The van der Waals surface area contributed by atoms with Crippen LogP contribution in [0.25, 0.3) is 0 Å². The maximum atomic E-state index is 13.1. The summed E-state index contributed by atoms with van der Waals surface area (Å²) in [5, 5.41) is 0. The van der Waals surface area contributed by atoms with E-state index in [1.807, 2.05) is 47.4 Å². The Morgan fingerprint density at radius 2 is 1.80 bits per heavy atom. The normalized spacial score (nSPS) is 15.6. The van der Waals surface area contributed by atoms with Crippen LogP contribution < -0.4 is 4.74 Å². The predicted molar refractivity (Wildman–Crippen MR) is 118 cm³/mol. The third-order valence-corrected chi connectivity index (χ3v) is 5.68. The first-order valence-corrected chi connectivity index (χ1v) is 10.8. The molecule has 0 radical (unpaired) electrons. The molecule has 5 heteroatoms. The van der Waals surface area contributed by atoms with Gasteiger partial charge in [0.05, 0.1) is 12.6 Å². The summed E-state index contributed by atoms with van der Waals surface area (Å²) >= 11 is 0. The Morgan fingerprint density at radius 3 is 2.53 bits per heavy atom. The minimum atomic E-state index is -0.155. The van der Waals surface area contributed by atoms with Crippen LogP contribution >= 0.6 is 0 Å². The van der Waals surface area contributed by atoms with Gasteiger partial charge in [-0.25, -0.2) is 0 Å². The number of ether oxygens (including phenoxy) is 1. The van der Waals surface area contributed by atoms with E-state index >= 15 is 0 Å². The molecule has 2 aromatic rings. The van der Waals surface area contributed by atoms with Crippen LogP contribution in [-0.2, 0) is 16.0 Å². The number of hydrogen-bond acceptors (Lipinski definition) is 3. The molecule has 0 aliphatic carbocycles. The predicted octanol–water partition coefficient (Wildman–Crippen LogP) is 4.09. The first kappa shape index (κ1) is 21.9. The van der Waals surface area contributed by atoms with Gasteiger partial charge >= 0.3 is 0 Å². The van der Waals surface area contributed by atoms with Crippen LogP contribution in [0.15, 0.2) is 54.6 Å². The van der Waals surface area contributed by atoms with Gasteiger partial charge in [-0.2, -0.15) is 0 Å². The molecule has 2 aromatic carbocycles. The van der Waals surface area contributed by atoms with Crippen LogP contribution in [0, 0.1) is 5.92 Å². The summed E-state index contributed by atoms with van der Waals surface area (Å²) in [6, 6.07) is 17.6. The molecule has 1 aliphatic heterocycles. The van der Waals surface area contributed by atoms with Gasteiger partial charge in [-0.3, -0.25) is 9.59 Å². The van der Waals surface area contributed by atoms with Crippen molar-refractivity contribution in [3.8, 4) is 5.75 Å². The summed E-state index contributed by atoms with van der Waals surface area (Å²) in [6.07, 6.45) is 1.70. The van der Waals surface area contributed by atoms with E-state index in [4.69, 9.17) is 4.74 Å². The van der Waals surface area contributed by atoms with Gasteiger partial charge in [0.1, 0.15) is 5.75 Å². The number of nitrogens with zero attached hydrogens (tertiary/aromatic N) is 2. The minimum absolute atomic E-state index is 0.00572. The molecule has 160 valence electrons. The molecule has 0 aromatic heterocycles. The van der Waals surface area contributed by atoms with Crippen molar-refractivity contribution in [2.24, 2.45) is 5.92 Å². The summed E-state index contributed by atoms with van der Waals surface area (Å²) in [5.41, 5.74) is 2.50. The fourth-order valence-corrected chi connectivity index (χ4v) is 3.83. The van der Waals surface area contributed by atoms with E-state index in [1.54, 1.807) is 4.90 Å². The number of carbonyl (C=O) groups excluding carboxylic acids is 2. The van der Waals surface area contributed by atoms with Crippen molar-refractivity contribution in [3.05, 3.63) is 65.7 Å². The fourth-order valence-electron chi connectivity index (χ4n) is 3.83. The molecule has 1 aliphatic rings. The van der Waals surface area contributed by atoms with E-state index in [-0.39, 0.29) is 31.0 Å². The van der Waals surface area contributed by atoms with Crippen molar-refractivity contribution in [2.45, 2.75) is 39.7 Å². The molecule has 2 amide bonds. The van der Waals surface area contributed by atoms with Crippen LogP contribution in [0.3, 0.4) is 0 Å². The molecule has 1 atom stereocenters. The van der Waals surface area contributed by atoms with Gasteiger partial charge in [-0.1, -0.05) is 56.3 Å². The standard InChI is InChI=1S/C25H32N2O3/c1-19(2)13-15-26(25(29)18-30-22-10-5-4-6-11-22)17-24(28)27-16-14-21-9-7-8-12-23(21)20(27)3/h4-12,19-20H,13-18H2,1-3H3. The van der Waals surface area contributed by atoms with Gasteiger partial charge in [-0.05, 0) is 48.9 Å². The lowest BCUT2D eigenvalue weighted by Gasteiger charge is -2.36. The number of fused-ring (bicyclic) bond motifs is 1. The highest BCUT2D eigenvalue weighted by Gasteiger charge is 2.29. The second kappa shape index (κ2) is 10.3. The highest BCUT2D eigenvalue weighted by molar-refractivity contribution is 5.86. The zero-order valence-corrected chi connectivity index (χ0v) is 18.2. The Bertz CT molecular complexity index is 850. The topological polar surface area (TPSA) is 49.9 Å². The van der Waals surface area contributed by atoms with E-state index in [1.165, 1.54) is 11.1 Å². The number of para-hydroxylation sites is 1. The molecule has 3 rings (SSSR count). The molecular weight excluding hydrogens is 376 g/mol. The third kappa shape index (κ3) is 5.62. The molecule has 0 fully saturated rings. The van der Waals surface area contributed by atoms with Gasteiger partial charge in [0.15, 0.2) is 6.61 Å². The quantitative estimate of drug-likeness (QED) is 0.661. The average molecular weight is 409 g/mol. The molecule has 5 nitrogen and oxygen atoms in total. The van der Waals surface area contributed by atoms with Crippen molar-refractivity contribution in [2.75, 3.05) is 26.2 Å². The molecule has 0 saturated heterocycles. The molecular formula is C25H32N2O3. The van der Waals surface area contributed by atoms with Gasteiger partial charge in [-0.15, -0.1) is 0 Å². The average Bonchev–Trinajstić information content (AvgIpc) is 2.75. The van der Waals surface area contributed by atoms with Gasteiger partial charge < -0.3 is 14.5 Å². The van der Waals surface area contributed by atoms with Crippen molar-refractivity contribution >= 4 is 11.8 Å². The monoisotopic (exact) mass is 408 g/mol. The number of hydrogen-bond donors (Lipinski definition) is 0. The van der Waals surface area contributed by atoms with Crippen molar-refractivity contribution in [1.82, 2.24) is 9.80 Å². The van der Waals surface area contributed by atoms with Crippen LogP contribution in [0.4, 0.5) is 0 Å². The smallest absolute Gasteiger partial charge is 0.260 e. The third-order valence-electron chi connectivity index (χ3n) is 5.68. The number of amides is 2. The first-order chi connectivity index (χ1) is 14.5. The molecule has 1 unspecified atom stereocenters. The molecule has 0 N–H and O–H groups in total. The zero-order valence-electron chi connectivity index (χ0n) is 18.2. The summed E-state index contributed by atoms with van der Waals surface area (Å²) in [6.45, 7) is 7.57. The van der Waals surface area contributed by atoms with E-state index in [9.17, 15) is 9.59 Å². The Balaban J connectivity index is 1.65. The summed E-state index contributed by atoms with van der Waals surface area (Å²) in [4.78, 5) is 29.6. The molecule has 1 heterocycles. The highest BCUT2D eigenvalue weighted by atomic mass is 16.5. The van der Waals surface area contributed by atoms with Gasteiger partial charge in [0.25, 0.3) is 5.91 Å². The van der Waals surface area contributed by atoms with E-state index in [0.717, 1.165) is 12.8 Å². The maximum Gasteiger partial charge on any atom is 0.260 e. The Labute approximate surface area is 179 Å². The van der Waals surface area contributed by atoms with Crippen LogP contribution in [0.5, 0.6) is 5.75 Å². The molecule has 0 saturated carbocycles. The Kier molecular flexibility index (Phi) is 7.50. The van der Waals surface area contributed by atoms with Crippen LogP contribution in [0.2, 0.25) is 0 Å². The molecule has 0 bridgehead atoms. The number of rotatable bonds is 8. The largest absolute Gasteiger partial charge is 0.484 e. The first-order valence-electron chi connectivity index (χ1n) is 10.8. The lowest BCUT2D eigenvalue weighted by Crippen LogP contribution is -2.47. The second-order valence-corrected chi connectivity index (χ2v) is 8.31. The Morgan fingerprint density at radius 1 is 1.10 bits per heavy atom. The van der Waals surface area contributed by atoms with Gasteiger partial charge in [0.2, 0.25) is 5.91 Å². The maximum absolute atomic E-state index is 13.1. The fraction of sp³-hybridized carbons (Fsp3) is 0.440. The van der Waals surface area contributed by atoms with Crippen molar-refractivity contribution in [1.29, 1.82) is 0 Å². The molecule has 30 heavy (non-hydrogen) atoms. The van der Waals surface area contributed by atoms with Crippen LogP contribution in [0.1, 0.15) is 44.4 Å². The van der Waals surface area contributed by atoms with E-state index in [2.05, 4.69) is 32.9 Å². The van der Waals surface area contributed by atoms with Crippen molar-refractivity contribution < 1.29 is 14.3 Å². The summed E-state index contributed by atoms with van der Waals surface area (Å²) in [7, 11) is 0. The van der Waals surface area contributed by atoms with Crippen molar-refractivity contribution in [3.63, 3.8) is 0 Å². The lowest BCUT2D eigenvalue weighted by molar-refractivity contribution is -0.143.